The molecule has 1 aromatic heterocycles. The Morgan fingerprint density at radius 2 is 2.17 bits per heavy atom. The van der Waals surface area contributed by atoms with E-state index < -0.39 is 0 Å². The molecule has 7 heteroatoms. The molecule has 0 radical (unpaired) electrons. The fourth-order valence-electron chi connectivity index (χ4n) is 2.37. The van der Waals surface area contributed by atoms with E-state index in [4.69, 9.17) is 9.47 Å². The van der Waals surface area contributed by atoms with Gasteiger partial charge < -0.3 is 19.4 Å². The maximum absolute atomic E-state index is 11.9. The second-order valence-corrected chi connectivity index (χ2v) is 6.17. The number of carbonyl (C=O) groups is 1. The molecule has 0 spiro atoms. The standard InChI is InChI=1S/C16H18N2O4S/c1-11-10-23-16(20)18(11)7-6-15(19)17-8-12-9-21-13-4-2-3-5-14(13)22-12/h2-5,10,12H,6-9H2,1H3,(H,17,19). The van der Waals surface area contributed by atoms with Crippen molar-refractivity contribution >= 4 is 17.2 Å². The van der Waals surface area contributed by atoms with Crippen LogP contribution in [-0.2, 0) is 11.3 Å². The minimum absolute atomic E-state index is 0.0316. The molecular formula is C16H18N2O4S. The lowest BCUT2D eigenvalue weighted by atomic mass is 10.2. The summed E-state index contributed by atoms with van der Waals surface area (Å²) in [5.74, 6) is 1.31. The van der Waals surface area contributed by atoms with E-state index >= 15 is 0 Å². The highest BCUT2D eigenvalue weighted by Gasteiger charge is 2.21. The number of amides is 1. The fraction of sp³-hybridized carbons (Fsp3) is 0.375. The van der Waals surface area contributed by atoms with E-state index in [0.717, 1.165) is 22.8 Å². The molecule has 0 saturated heterocycles. The number of aryl methyl sites for hydroxylation is 1. The average Bonchev–Trinajstić information content (AvgIpc) is 2.89. The molecule has 6 nitrogen and oxygen atoms in total. The van der Waals surface area contributed by atoms with Gasteiger partial charge in [0.2, 0.25) is 5.91 Å². The molecule has 2 heterocycles. The van der Waals surface area contributed by atoms with E-state index in [1.54, 1.807) is 9.95 Å². The van der Waals surface area contributed by atoms with Crippen molar-refractivity contribution in [1.82, 2.24) is 9.88 Å². The highest BCUT2D eigenvalue weighted by atomic mass is 32.1. The van der Waals surface area contributed by atoms with Gasteiger partial charge in [-0.3, -0.25) is 9.59 Å². The number of hydrogen-bond acceptors (Lipinski definition) is 5. The molecule has 2 aromatic rings. The molecule has 1 atom stereocenters. The first-order chi connectivity index (χ1) is 11.1. The van der Waals surface area contributed by atoms with Crippen molar-refractivity contribution in [2.45, 2.75) is 26.0 Å². The first-order valence-electron chi connectivity index (χ1n) is 7.43. The first-order valence-corrected chi connectivity index (χ1v) is 8.31. The van der Waals surface area contributed by atoms with E-state index in [-0.39, 0.29) is 23.3 Å². The van der Waals surface area contributed by atoms with Gasteiger partial charge in [0, 0.05) is 24.0 Å². The molecule has 1 amide bonds. The topological polar surface area (TPSA) is 69.6 Å². The summed E-state index contributed by atoms with van der Waals surface area (Å²) >= 11 is 1.15. The lowest BCUT2D eigenvalue weighted by Gasteiger charge is -2.26. The van der Waals surface area contributed by atoms with Crippen LogP contribution in [0.5, 0.6) is 11.5 Å². The lowest BCUT2D eigenvalue weighted by molar-refractivity contribution is -0.121. The van der Waals surface area contributed by atoms with Gasteiger partial charge in [-0.25, -0.2) is 0 Å². The number of para-hydroxylation sites is 2. The number of hydrogen-bond donors (Lipinski definition) is 1. The molecule has 1 N–H and O–H groups in total. The van der Waals surface area contributed by atoms with Crippen LogP contribution < -0.4 is 19.7 Å². The number of nitrogens with one attached hydrogen (secondary N) is 1. The van der Waals surface area contributed by atoms with Crippen molar-refractivity contribution in [2.24, 2.45) is 0 Å². The van der Waals surface area contributed by atoms with Crippen molar-refractivity contribution in [1.29, 1.82) is 0 Å². The monoisotopic (exact) mass is 334 g/mol. The number of carbonyl (C=O) groups excluding carboxylic acids is 1. The van der Waals surface area contributed by atoms with Gasteiger partial charge in [0.25, 0.3) is 0 Å². The Morgan fingerprint density at radius 3 is 2.91 bits per heavy atom. The first kappa shape index (κ1) is 15.6. The van der Waals surface area contributed by atoms with Crippen LogP contribution in [0.4, 0.5) is 0 Å². The van der Waals surface area contributed by atoms with Crippen LogP contribution in [0.1, 0.15) is 12.1 Å². The molecule has 1 aliphatic rings. The third kappa shape index (κ3) is 3.73. The summed E-state index contributed by atoms with van der Waals surface area (Å²) in [6.07, 6.45) is 0.0567. The summed E-state index contributed by atoms with van der Waals surface area (Å²) in [6, 6.07) is 7.46. The maximum Gasteiger partial charge on any atom is 0.307 e. The van der Waals surface area contributed by atoms with E-state index in [0.29, 0.717) is 25.4 Å². The van der Waals surface area contributed by atoms with Crippen LogP contribution in [0.2, 0.25) is 0 Å². The second-order valence-electron chi connectivity index (χ2n) is 5.35. The minimum Gasteiger partial charge on any atom is -0.486 e. The van der Waals surface area contributed by atoms with Gasteiger partial charge in [-0.05, 0) is 19.1 Å². The molecule has 0 aliphatic carbocycles. The molecule has 0 bridgehead atoms. The SMILES string of the molecule is Cc1csc(=O)n1CCC(=O)NCC1COc2ccccc2O1. The Labute approximate surface area is 137 Å². The smallest absolute Gasteiger partial charge is 0.307 e. The van der Waals surface area contributed by atoms with E-state index in [9.17, 15) is 9.59 Å². The summed E-state index contributed by atoms with van der Waals surface area (Å²) in [4.78, 5) is 23.5. The van der Waals surface area contributed by atoms with Crippen LogP contribution in [0, 0.1) is 6.92 Å². The Morgan fingerprint density at radius 1 is 1.39 bits per heavy atom. The number of ether oxygens (including phenoxy) is 2. The second kappa shape index (κ2) is 6.87. The van der Waals surface area contributed by atoms with Crippen molar-refractivity contribution in [2.75, 3.05) is 13.2 Å². The fourth-order valence-corrected chi connectivity index (χ4v) is 3.13. The van der Waals surface area contributed by atoms with Gasteiger partial charge >= 0.3 is 4.87 Å². The Kier molecular flexibility index (Phi) is 4.66. The van der Waals surface area contributed by atoms with Crippen LogP contribution >= 0.6 is 11.3 Å². The van der Waals surface area contributed by atoms with Crippen LogP contribution in [-0.4, -0.2) is 29.7 Å². The van der Waals surface area contributed by atoms with E-state index in [2.05, 4.69) is 5.32 Å². The summed E-state index contributed by atoms with van der Waals surface area (Å²) in [5.41, 5.74) is 0.883. The van der Waals surface area contributed by atoms with Crippen LogP contribution in [0.15, 0.2) is 34.4 Å². The third-order valence-electron chi connectivity index (χ3n) is 3.63. The molecule has 1 unspecified atom stereocenters. The van der Waals surface area contributed by atoms with Crippen LogP contribution in [0.3, 0.4) is 0 Å². The Bertz CT molecular complexity index is 753. The normalized spacial score (nSPS) is 16.1. The van der Waals surface area contributed by atoms with E-state index in [1.807, 2.05) is 31.2 Å². The number of aromatic nitrogens is 1. The predicted molar refractivity (Wildman–Crippen MR) is 87.3 cm³/mol. The van der Waals surface area contributed by atoms with Crippen molar-refractivity contribution < 1.29 is 14.3 Å². The van der Waals surface area contributed by atoms with Crippen molar-refractivity contribution in [3.05, 3.63) is 45.0 Å². The molecule has 0 saturated carbocycles. The molecule has 23 heavy (non-hydrogen) atoms. The molecule has 3 rings (SSSR count). The number of thiazole rings is 1. The zero-order chi connectivity index (χ0) is 16.2. The molecule has 1 aromatic carbocycles. The van der Waals surface area contributed by atoms with Gasteiger partial charge in [-0.2, -0.15) is 0 Å². The number of nitrogens with zero attached hydrogens (tertiary/aromatic N) is 1. The Balaban J connectivity index is 1.46. The molecule has 122 valence electrons. The predicted octanol–water partition coefficient (Wildman–Crippen LogP) is 1.56. The summed E-state index contributed by atoms with van der Waals surface area (Å²) in [5, 5.41) is 4.63. The minimum atomic E-state index is -0.209. The zero-order valence-electron chi connectivity index (χ0n) is 12.8. The summed E-state index contributed by atoms with van der Waals surface area (Å²) in [7, 11) is 0. The van der Waals surface area contributed by atoms with Gasteiger partial charge in [0.15, 0.2) is 11.5 Å². The highest BCUT2D eigenvalue weighted by molar-refractivity contribution is 7.07. The highest BCUT2D eigenvalue weighted by Crippen LogP contribution is 2.30. The van der Waals surface area contributed by atoms with Gasteiger partial charge in [0.1, 0.15) is 12.7 Å². The molecular weight excluding hydrogens is 316 g/mol. The van der Waals surface area contributed by atoms with Crippen molar-refractivity contribution in [3.8, 4) is 11.5 Å². The largest absolute Gasteiger partial charge is 0.486 e. The van der Waals surface area contributed by atoms with E-state index in [1.165, 1.54) is 0 Å². The third-order valence-corrected chi connectivity index (χ3v) is 4.51. The number of fused-ring (bicyclic) bond motifs is 1. The lowest BCUT2D eigenvalue weighted by Crippen LogP contribution is -2.41. The maximum atomic E-state index is 11.9. The van der Waals surface area contributed by atoms with Crippen LogP contribution in [0.25, 0.3) is 0 Å². The molecule has 1 aliphatic heterocycles. The van der Waals surface area contributed by atoms with Gasteiger partial charge in [-0.15, -0.1) is 0 Å². The zero-order valence-corrected chi connectivity index (χ0v) is 13.6. The van der Waals surface area contributed by atoms with Gasteiger partial charge in [0.05, 0.1) is 6.54 Å². The summed E-state index contributed by atoms with van der Waals surface area (Å²) < 4.78 is 13.0. The molecule has 0 fully saturated rings. The average molecular weight is 334 g/mol. The Hall–Kier alpha value is -2.28. The van der Waals surface area contributed by atoms with Crippen molar-refractivity contribution in [3.63, 3.8) is 0 Å². The summed E-state index contributed by atoms with van der Waals surface area (Å²) in [6.45, 7) is 3.04. The number of rotatable bonds is 5. The number of benzene rings is 1. The van der Waals surface area contributed by atoms with Gasteiger partial charge in [-0.1, -0.05) is 23.5 Å². The quantitative estimate of drug-likeness (QED) is 0.901.